The van der Waals surface area contributed by atoms with E-state index in [4.69, 9.17) is 4.74 Å². The highest BCUT2D eigenvalue weighted by Gasteiger charge is 1.95. The number of carbonyl (C=O) groups excluding carboxylic acids is 1. The van der Waals surface area contributed by atoms with Crippen LogP contribution in [0.3, 0.4) is 0 Å². The summed E-state index contributed by atoms with van der Waals surface area (Å²) in [7, 11) is 0. The van der Waals surface area contributed by atoms with Crippen LogP contribution in [0.15, 0.2) is 36.7 Å². The molecule has 0 aliphatic heterocycles. The average molecular weight is 225 g/mol. The van der Waals surface area contributed by atoms with Gasteiger partial charge in [0.2, 0.25) is 0 Å². The highest BCUT2D eigenvalue weighted by atomic mass is 16.5. The summed E-state index contributed by atoms with van der Waals surface area (Å²) in [6.45, 7) is 2.10. The number of benzene rings is 1. The average Bonchev–Trinajstić information content (AvgIpc) is 2.36. The Kier molecular flexibility index (Phi) is 3.37. The van der Waals surface area contributed by atoms with Crippen molar-refractivity contribution in [2.24, 2.45) is 0 Å². The molecule has 0 aliphatic carbocycles. The monoisotopic (exact) mass is 225 g/mol. The molecule has 0 amide bonds. The number of hydrogen-bond donors (Lipinski definition) is 0. The van der Waals surface area contributed by atoms with Crippen molar-refractivity contribution < 1.29 is 9.53 Å². The van der Waals surface area contributed by atoms with Crippen LogP contribution in [0, 0.1) is 11.8 Å². The number of fused-ring (bicyclic) bond motifs is 1. The highest BCUT2D eigenvalue weighted by molar-refractivity contribution is 5.89. The normalized spacial score (nSPS) is 9.47. The quantitative estimate of drug-likeness (QED) is 0.551. The molecule has 2 rings (SSSR count). The molecular weight excluding hydrogens is 214 g/mol. The van der Waals surface area contributed by atoms with E-state index in [9.17, 15) is 4.79 Å². The number of esters is 1. The summed E-state index contributed by atoms with van der Waals surface area (Å²) in [5.41, 5.74) is 0.789. The number of aromatic nitrogens is 1. The lowest BCUT2D eigenvalue weighted by Crippen LogP contribution is -1.99. The van der Waals surface area contributed by atoms with Crippen molar-refractivity contribution >= 4 is 16.7 Å². The fourth-order valence-corrected chi connectivity index (χ4v) is 1.45. The van der Waals surface area contributed by atoms with Crippen molar-refractivity contribution in [3.05, 3.63) is 42.2 Å². The van der Waals surface area contributed by atoms with Crippen LogP contribution in [0.2, 0.25) is 0 Å². The first-order chi connectivity index (χ1) is 8.29. The third-order valence-corrected chi connectivity index (χ3v) is 2.22. The van der Waals surface area contributed by atoms with E-state index >= 15 is 0 Å². The van der Waals surface area contributed by atoms with E-state index < -0.39 is 5.97 Å². The SMILES string of the molecule is CCOC(=O)C#Cc1ccc2cnccc2c1. The lowest BCUT2D eigenvalue weighted by molar-refractivity contribution is -0.136. The predicted molar refractivity (Wildman–Crippen MR) is 65.3 cm³/mol. The van der Waals surface area contributed by atoms with Gasteiger partial charge in [-0.2, -0.15) is 0 Å². The Hall–Kier alpha value is -2.34. The molecule has 0 saturated heterocycles. The van der Waals surface area contributed by atoms with Crippen LogP contribution in [-0.4, -0.2) is 17.6 Å². The third-order valence-electron chi connectivity index (χ3n) is 2.22. The maximum absolute atomic E-state index is 11.1. The third kappa shape index (κ3) is 2.82. The summed E-state index contributed by atoms with van der Waals surface area (Å²) in [5.74, 6) is 4.72. The van der Waals surface area contributed by atoms with Crippen molar-refractivity contribution in [1.82, 2.24) is 4.98 Å². The van der Waals surface area contributed by atoms with Gasteiger partial charge in [0.05, 0.1) is 6.61 Å². The highest BCUT2D eigenvalue weighted by Crippen LogP contribution is 2.13. The molecule has 1 heterocycles. The number of rotatable bonds is 1. The smallest absolute Gasteiger partial charge is 0.384 e. The standard InChI is InChI=1S/C14H11NO2/c1-2-17-14(16)6-4-11-3-5-13-10-15-8-7-12(13)9-11/h3,5,7-10H,2H2,1H3. The zero-order valence-corrected chi connectivity index (χ0v) is 9.43. The molecule has 0 N–H and O–H groups in total. The molecule has 0 atom stereocenters. The summed E-state index contributed by atoms with van der Waals surface area (Å²) in [6, 6.07) is 7.61. The molecule has 3 heteroatoms. The molecule has 17 heavy (non-hydrogen) atoms. The molecular formula is C14H11NO2. The number of nitrogens with zero attached hydrogens (tertiary/aromatic N) is 1. The molecule has 0 unspecified atom stereocenters. The van der Waals surface area contributed by atoms with E-state index in [2.05, 4.69) is 16.8 Å². The summed E-state index contributed by atoms with van der Waals surface area (Å²) in [4.78, 5) is 15.1. The Morgan fingerprint density at radius 3 is 3.06 bits per heavy atom. The van der Waals surface area contributed by atoms with Crippen LogP contribution in [0.4, 0.5) is 0 Å². The Balaban J connectivity index is 2.28. The molecule has 1 aromatic carbocycles. The van der Waals surface area contributed by atoms with Crippen molar-refractivity contribution in [1.29, 1.82) is 0 Å². The summed E-state index contributed by atoms with van der Waals surface area (Å²) < 4.78 is 4.73. The minimum absolute atomic E-state index is 0.344. The van der Waals surface area contributed by atoms with Gasteiger partial charge in [-0.05, 0) is 30.5 Å². The van der Waals surface area contributed by atoms with Gasteiger partial charge >= 0.3 is 5.97 Å². The van der Waals surface area contributed by atoms with Gasteiger partial charge in [-0.3, -0.25) is 4.98 Å². The van der Waals surface area contributed by atoms with E-state index in [1.165, 1.54) is 0 Å². The second kappa shape index (κ2) is 5.13. The van der Waals surface area contributed by atoms with E-state index in [1.807, 2.05) is 24.3 Å². The van der Waals surface area contributed by atoms with E-state index in [1.54, 1.807) is 19.3 Å². The largest absolute Gasteiger partial charge is 0.456 e. The van der Waals surface area contributed by atoms with Gasteiger partial charge in [0.25, 0.3) is 0 Å². The lowest BCUT2D eigenvalue weighted by Gasteiger charge is -1.96. The van der Waals surface area contributed by atoms with Gasteiger partial charge in [-0.25, -0.2) is 4.79 Å². The fraction of sp³-hybridized carbons (Fsp3) is 0.143. The molecule has 0 saturated carbocycles. The molecule has 0 bridgehead atoms. The molecule has 1 aromatic heterocycles. The van der Waals surface area contributed by atoms with Crippen LogP contribution in [0.1, 0.15) is 12.5 Å². The molecule has 0 aliphatic rings. The zero-order valence-electron chi connectivity index (χ0n) is 9.43. The molecule has 0 spiro atoms. The number of ether oxygens (including phenoxy) is 1. The van der Waals surface area contributed by atoms with Gasteiger partial charge in [0.15, 0.2) is 0 Å². The van der Waals surface area contributed by atoms with Gasteiger partial charge in [0, 0.05) is 29.3 Å². The van der Waals surface area contributed by atoms with Crippen LogP contribution < -0.4 is 0 Å². The van der Waals surface area contributed by atoms with Crippen LogP contribution in [0.5, 0.6) is 0 Å². The van der Waals surface area contributed by atoms with E-state index in [-0.39, 0.29) is 0 Å². The molecule has 84 valence electrons. The van der Waals surface area contributed by atoms with E-state index in [0.717, 1.165) is 16.3 Å². The Bertz CT molecular complexity index is 608. The number of hydrogen-bond acceptors (Lipinski definition) is 3. The van der Waals surface area contributed by atoms with Crippen molar-refractivity contribution in [2.45, 2.75) is 6.92 Å². The predicted octanol–water partition coefficient (Wildman–Crippen LogP) is 2.15. The van der Waals surface area contributed by atoms with Gasteiger partial charge in [-0.1, -0.05) is 12.0 Å². The summed E-state index contributed by atoms with van der Waals surface area (Å²) >= 11 is 0. The van der Waals surface area contributed by atoms with Gasteiger partial charge in [-0.15, -0.1) is 0 Å². The Morgan fingerprint density at radius 2 is 2.24 bits per heavy atom. The van der Waals surface area contributed by atoms with Crippen molar-refractivity contribution in [3.8, 4) is 11.8 Å². The first kappa shape index (κ1) is 11.2. The zero-order chi connectivity index (χ0) is 12.1. The fourth-order valence-electron chi connectivity index (χ4n) is 1.45. The Morgan fingerprint density at radius 1 is 1.35 bits per heavy atom. The lowest BCUT2D eigenvalue weighted by atomic mass is 10.1. The van der Waals surface area contributed by atoms with Gasteiger partial charge in [0.1, 0.15) is 0 Å². The maximum atomic E-state index is 11.1. The minimum Gasteiger partial charge on any atom is -0.456 e. The molecule has 0 fully saturated rings. The van der Waals surface area contributed by atoms with Gasteiger partial charge < -0.3 is 4.74 Å². The first-order valence-corrected chi connectivity index (χ1v) is 5.32. The Labute approximate surface area is 99.4 Å². The number of carbonyl (C=O) groups is 1. The van der Waals surface area contributed by atoms with Crippen LogP contribution in [-0.2, 0) is 9.53 Å². The van der Waals surface area contributed by atoms with Crippen LogP contribution >= 0.6 is 0 Å². The second-order valence-electron chi connectivity index (χ2n) is 3.41. The minimum atomic E-state index is -0.498. The topological polar surface area (TPSA) is 39.2 Å². The van der Waals surface area contributed by atoms with E-state index in [0.29, 0.717) is 6.61 Å². The summed E-state index contributed by atoms with van der Waals surface area (Å²) in [6.07, 6.45) is 3.52. The first-order valence-electron chi connectivity index (χ1n) is 5.32. The van der Waals surface area contributed by atoms with Crippen molar-refractivity contribution in [2.75, 3.05) is 6.61 Å². The number of pyridine rings is 1. The maximum Gasteiger partial charge on any atom is 0.384 e. The molecule has 2 aromatic rings. The molecule has 0 radical (unpaired) electrons. The second-order valence-corrected chi connectivity index (χ2v) is 3.41. The summed E-state index contributed by atoms with van der Waals surface area (Å²) in [5, 5.41) is 2.10. The van der Waals surface area contributed by atoms with Crippen molar-refractivity contribution in [3.63, 3.8) is 0 Å². The van der Waals surface area contributed by atoms with Crippen LogP contribution in [0.25, 0.3) is 10.8 Å². The molecule has 3 nitrogen and oxygen atoms in total.